The van der Waals surface area contributed by atoms with Crippen molar-refractivity contribution in [3.63, 3.8) is 0 Å². The predicted octanol–water partition coefficient (Wildman–Crippen LogP) is 8.03. The van der Waals surface area contributed by atoms with E-state index in [2.05, 4.69) is 32.9 Å². The minimum Gasteiger partial charge on any atom is -0.481 e. The van der Waals surface area contributed by atoms with Crippen molar-refractivity contribution in [3.05, 3.63) is 0 Å². The fourth-order valence-corrected chi connectivity index (χ4v) is 9.42. The molecule has 4 nitrogen and oxygen atoms in total. The number of nitrogens with zero attached hydrogens (tertiary/aromatic N) is 1. The molecule has 4 aliphatic rings. The maximum atomic E-state index is 9.00. The van der Waals surface area contributed by atoms with Gasteiger partial charge in [0.05, 0.1) is 0 Å². The lowest BCUT2D eigenvalue weighted by molar-refractivity contribution is -0.134. The van der Waals surface area contributed by atoms with Crippen LogP contribution in [0.4, 0.5) is 0 Å². The quantitative estimate of drug-likeness (QED) is 0.239. The van der Waals surface area contributed by atoms with Crippen molar-refractivity contribution in [1.82, 2.24) is 0 Å². The smallest absolute Gasteiger partial charge is 0.300 e. The van der Waals surface area contributed by atoms with Crippen molar-refractivity contribution in [2.24, 2.45) is 57.4 Å². The average molecular weight is 462 g/mol. The molecule has 4 fully saturated rings. The van der Waals surface area contributed by atoms with E-state index < -0.39 is 5.97 Å². The van der Waals surface area contributed by atoms with Gasteiger partial charge in [-0.3, -0.25) is 4.79 Å². The SMILES string of the molecule is CC(/C=N/O)CCC[C@@H](C)[C@H]1CC[C@H]2[C@@H]3CCC4CCCC[C@]4(C)[C@H]3CC[C@]12C.CC(=O)O. The van der Waals surface area contributed by atoms with Crippen LogP contribution in [0.3, 0.4) is 0 Å². The fourth-order valence-electron chi connectivity index (χ4n) is 9.42. The third-order valence-corrected chi connectivity index (χ3v) is 11.0. The first-order valence-corrected chi connectivity index (χ1v) is 14.0. The summed E-state index contributed by atoms with van der Waals surface area (Å²) in [5.74, 6) is 5.48. The van der Waals surface area contributed by atoms with E-state index in [0.29, 0.717) is 16.7 Å². The number of hydrogen-bond donors (Lipinski definition) is 2. The molecule has 4 aliphatic carbocycles. The lowest BCUT2D eigenvalue weighted by Crippen LogP contribution is -2.53. The van der Waals surface area contributed by atoms with Gasteiger partial charge in [0, 0.05) is 13.1 Å². The molecule has 0 aromatic carbocycles. The molecule has 0 spiro atoms. The molecule has 0 amide bonds. The summed E-state index contributed by atoms with van der Waals surface area (Å²) in [4.78, 5) is 9.00. The van der Waals surface area contributed by atoms with E-state index in [9.17, 15) is 0 Å². The number of carbonyl (C=O) groups is 1. The zero-order valence-electron chi connectivity index (χ0n) is 22.1. The lowest BCUT2D eigenvalue weighted by Gasteiger charge is -2.61. The fraction of sp³-hybridized carbons (Fsp3) is 0.931. The number of fused-ring (bicyclic) bond motifs is 5. The molecule has 4 heteroatoms. The number of hydrogen-bond acceptors (Lipinski definition) is 3. The second-order valence-corrected chi connectivity index (χ2v) is 12.8. The van der Waals surface area contributed by atoms with Crippen molar-refractivity contribution >= 4 is 12.2 Å². The summed E-state index contributed by atoms with van der Waals surface area (Å²) < 4.78 is 0. The van der Waals surface area contributed by atoms with Crippen molar-refractivity contribution in [2.75, 3.05) is 0 Å². The molecular formula is C29H51NO3. The van der Waals surface area contributed by atoms with Gasteiger partial charge in [0.2, 0.25) is 0 Å². The number of carboxylic acids is 1. The van der Waals surface area contributed by atoms with Gasteiger partial charge in [-0.05, 0) is 110 Å². The first-order valence-electron chi connectivity index (χ1n) is 14.0. The van der Waals surface area contributed by atoms with Gasteiger partial charge < -0.3 is 10.3 Å². The zero-order chi connectivity index (χ0) is 24.2. The second kappa shape index (κ2) is 11.1. The first-order chi connectivity index (χ1) is 15.6. The largest absolute Gasteiger partial charge is 0.481 e. The Morgan fingerprint density at radius 2 is 1.67 bits per heavy atom. The summed E-state index contributed by atoms with van der Waals surface area (Å²) in [6.45, 7) is 11.2. The van der Waals surface area contributed by atoms with Crippen LogP contribution in [0.2, 0.25) is 0 Å². The van der Waals surface area contributed by atoms with Crippen molar-refractivity contribution in [3.8, 4) is 0 Å². The van der Waals surface area contributed by atoms with Crippen molar-refractivity contribution < 1.29 is 15.1 Å². The van der Waals surface area contributed by atoms with Crippen LogP contribution in [0, 0.1) is 52.3 Å². The van der Waals surface area contributed by atoms with Gasteiger partial charge in [-0.1, -0.05) is 53.4 Å². The van der Waals surface area contributed by atoms with Gasteiger partial charge in [-0.25, -0.2) is 0 Å². The van der Waals surface area contributed by atoms with E-state index in [0.717, 1.165) is 48.9 Å². The van der Waals surface area contributed by atoms with Crippen molar-refractivity contribution in [1.29, 1.82) is 0 Å². The molecule has 4 saturated carbocycles. The molecule has 0 aromatic rings. The average Bonchev–Trinajstić information content (AvgIpc) is 3.10. The van der Waals surface area contributed by atoms with E-state index in [1.54, 1.807) is 12.6 Å². The monoisotopic (exact) mass is 461 g/mol. The molecule has 2 unspecified atom stereocenters. The lowest BCUT2D eigenvalue weighted by atomic mass is 9.44. The first kappa shape index (κ1) is 26.5. The molecular weight excluding hydrogens is 410 g/mol. The van der Waals surface area contributed by atoms with Gasteiger partial charge in [-0.15, -0.1) is 5.16 Å². The van der Waals surface area contributed by atoms with Crippen LogP contribution in [0.25, 0.3) is 0 Å². The van der Waals surface area contributed by atoms with E-state index in [-0.39, 0.29) is 0 Å². The normalized spacial score (nSPS) is 41.8. The highest BCUT2D eigenvalue weighted by Crippen LogP contribution is 2.68. The predicted molar refractivity (Wildman–Crippen MR) is 136 cm³/mol. The van der Waals surface area contributed by atoms with Gasteiger partial charge in [0.1, 0.15) is 0 Å². The van der Waals surface area contributed by atoms with Crippen LogP contribution < -0.4 is 0 Å². The van der Waals surface area contributed by atoms with Crippen LogP contribution in [0.1, 0.15) is 118 Å². The zero-order valence-corrected chi connectivity index (χ0v) is 22.1. The Bertz CT molecular complexity index is 674. The highest BCUT2D eigenvalue weighted by Gasteiger charge is 2.59. The molecule has 0 heterocycles. The second-order valence-electron chi connectivity index (χ2n) is 12.8. The molecule has 0 aliphatic heterocycles. The summed E-state index contributed by atoms with van der Waals surface area (Å²) in [7, 11) is 0. The summed E-state index contributed by atoms with van der Waals surface area (Å²) in [6, 6.07) is 0. The maximum absolute atomic E-state index is 9.00. The highest BCUT2D eigenvalue weighted by atomic mass is 16.4. The minimum atomic E-state index is -0.833. The van der Waals surface area contributed by atoms with Crippen LogP contribution in [-0.4, -0.2) is 22.5 Å². The van der Waals surface area contributed by atoms with Gasteiger partial charge in [0.25, 0.3) is 5.97 Å². The molecule has 0 saturated heterocycles. The van der Waals surface area contributed by atoms with Gasteiger partial charge in [0.15, 0.2) is 0 Å². The third-order valence-electron chi connectivity index (χ3n) is 11.0. The Morgan fingerprint density at radius 3 is 2.36 bits per heavy atom. The Labute approximate surface area is 203 Å². The van der Waals surface area contributed by atoms with E-state index in [4.69, 9.17) is 15.1 Å². The molecule has 4 rings (SSSR count). The van der Waals surface area contributed by atoms with E-state index in [1.165, 1.54) is 70.6 Å². The Kier molecular flexibility index (Phi) is 8.94. The highest BCUT2D eigenvalue weighted by molar-refractivity contribution is 5.63. The van der Waals surface area contributed by atoms with Crippen LogP contribution in [-0.2, 0) is 4.79 Å². The standard InChI is InChI=1S/C27H47NO.C2H4O2/c1-19(18-28-29)8-7-9-20(2)23-13-14-24-22-12-11-21-10-5-6-16-26(21,3)25(22)15-17-27(23,24)4;1-2(3)4/h18-25,29H,5-17H2,1-4H3;1H3,(H,3,4)/b28-18+;/t19?,20-,21?,22+,23-,24+,25+,26+,27-;/m1./s1. The number of carboxylic acid groups (broad SMARTS) is 1. The van der Waals surface area contributed by atoms with E-state index in [1.807, 2.05) is 0 Å². The summed E-state index contributed by atoms with van der Waals surface area (Å²) in [5, 5.41) is 19.4. The molecule has 0 aromatic heterocycles. The van der Waals surface area contributed by atoms with Crippen LogP contribution in [0.15, 0.2) is 5.16 Å². The van der Waals surface area contributed by atoms with Crippen LogP contribution >= 0.6 is 0 Å². The summed E-state index contributed by atoms with van der Waals surface area (Å²) in [6.07, 6.45) is 20.6. The third kappa shape index (κ3) is 5.61. The molecule has 190 valence electrons. The Hall–Kier alpha value is -1.06. The number of oxime groups is 1. The van der Waals surface area contributed by atoms with Gasteiger partial charge in [-0.2, -0.15) is 0 Å². The summed E-state index contributed by atoms with van der Waals surface area (Å²) >= 11 is 0. The Morgan fingerprint density at radius 1 is 0.970 bits per heavy atom. The van der Waals surface area contributed by atoms with Crippen molar-refractivity contribution in [2.45, 2.75) is 118 Å². The molecule has 0 radical (unpaired) electrons. The van der Waals surface area contributed by atoms with E-state index >= 15 is 0 Å². The molecule has 2 N–H and O–H groups in total. The molecule has 9 atom stereocenters. The molecule has 33 heavy (non-hydrogen) atoms. The minimum absolute atomic E-state index is 0.404. The summed E-state index contributed by atoms with van der Waals surface area (Å²) in [5.41, 5.74) is 1.28. The van der Waals surface area contributed by atoms with Crippen LogP contribution in [0.5, 0.6) is 0 Å². The molecule has 0 bridgehead atoms. The van der Waals surface area contributed by atoms with Gasteiger partial charge >= 0.3 is 0 Å². The number of rotatable bonds is 6. The maximum Gasteiger partial charge on any atom is 0.300 e. The number of aliphatic carboxylic acids is 1. The topological polar surface area (TPSA) is 69.9 Å². The Balaban J connectivity index is 0.000000709.